The van der Waals surface area contributed by atoms with E-state index in [4.69, 9.17) is 15.7 Å². The van der Waals surface area contributed by atoms with Crippen molar-refractivity contribution in [1.82, 2.24) is 28.9 Å². The Kier molecular flexibility index (Phi) is 5.33. The second kappa shape index (κ2) is 8.66. The lowest BCUT2D eigenvalue weighted by atomic mass is 10.1. The smallest absolute Gasteiger partial charge is 0.293 e. The fraction of sp³-hybridized carbons (Fsp3) is 0.308. The molecule has 5 aromatic rings. The van der Waals surface area contributed by atoms with Gasteiger partial charge in [0.15, 0.2) is 0 Å². The van der Waals surface area contributed by atoms with Gasteiger partial charge < -0.3 is 15.2 Å². The van der Waals surface area contributed by atoms with E-state index in [1.807, 2.05) is 66.1 Å². The fourth-order valence-corrected chi connectivity index (χ4v) is 5.10. The summed E-state index contributed by atoms with van der Waals surface area (Å²) < 4.78 is 5.57. The molecule has 9 heteroatoms. The zero-order chi connectivity index (χ0) is 23.9. The number of hydrogen-bond donors (Lipinski definition) is 1. The van der Waals surface area contributed by atoms with Crippen molar-refractivity contribution in [2.75, 3.05) is 18.0 Å². The van der Waals surface area contributed by atoms with Crippen LogP contribution in [0.25, 0.3) is 27.8 Å². The van der Waals surface area contributed by atoms with Crippen LogP contribution in [0.15, 0.2) is 65.6 Å². The largest absolute Gasteiger partial charge is 0.341 e. The minimum Gasteiger partial charge on any atom is -0.341 e. The summed E-state index contributed by atoms with van der Waals surface area (Å²) in [6, 6.07) is 18.2. The predicted molar refractivity (Wildman–Crippen MR) is 137 cm³/mol. The Morgan fingerprint density at radius 3 is 2.63 bits per heavy atom. The van der Waals surface area contributed by atoms with Crippen molar-refractivity contribution in [3.63, 3.8) is 0 Å². The molecular formula is C26H28N8O. The number of para-hydroxylation sites is 3. The van der Waals surface area contributed by atoms with Gasteiger partial charge in [0.25, 0.3) is 5.56 Å². The number of aryl methyl sites for hydroxylation is 1. The van der Waals surface area contributed by atoms with Crippen molar-refractivity contribution in [3.8, 4) is 5.69 Å². The highest BCUT2D eigenvalue weighted by molar-refractivity contribution is 5.79. The zero-order valence-corrected chi connectivity index (χ0v) is 19.7. The van der Waals surface area contributed by atoms with Crippen LogP contribution in [-0.2, 0) is 13.1 Å². The maximum atomic E-state index is 13.7. The molecule has 0 unspecified atom stereocenters. The minimum atomic E-state index is -0.170. The molecule has 2 N–H and O–H groups in total. The highest BCUT2D eigenvalue weighted by Crippen LogP contribution is 2.24. The number of fused-ring (bicyclic) bond motifs is 2. The van der Waals surface area contributed by atoms with E-state index in [9.17, 15) is 4.79 Å². The average molecular weight is 469 g/mol. The Labute approximate surface area is 202 Å². The van der Waals surface area contributed by atoms with Gasteiger partial charge >= 0.3 is 0 Å². The fourth-order valence-electron chi connectivity index (χ4n) is 5.10. The SMILES string of the molecule is CCn1c(N2CCC[C@@H](N)C2)nc2cnn(Cc3nc4ccccc4n3-c3ccccc3)c(=O)c21. The van der Waals surface area contributed by atoms with Crippen molar-refractivity contribution < 1.29 is 0 Å². The van der Waals surface area contributed by atoms with Gasteiger partial charge in [0.05, 0.1) is 17.2 Å². The van der Waals surface area contributed by atoms with Crippen LogP contribution in [0.4, 0.5) is 5.95 Å². The van der Waals surface area contributed by atoms with Crippen LogP contribution in [0.2, 0.25) is 0 Å². The maximum Gasteiger partial charge on any atom is 0.293 e. The number of hydrogen-bond acceptors (Lipinski definition) is 6. The first-order valence-electron chi connectivity index (χ1n) is 12.1. The lowest BCUT2D eigenvalue weighted by Gasteiger charge is -2.31. The van der Waals surface area contributed by atoms with E-state index in [2.05, 4.69) is 14.6 Å². The standard InChI is InChI=1S/C26H28N8O/c1-2-32-24-21(30-26(32)31-14-8-9-18(27)16-31)15-28-33(25(24)35)17-23-29-20-12-6-7-13-22(20)34(23)19-10-4-3-5-11-19/h3-7,10-13,15,18H,2,8-9,14,16-17,27H2,1H3/t18-/m1/s1. The molecule has 1 aliphatic heterocycles. The summed E-state index contributed by atoms with van der Waals surface area (Å²) >= 11 is 0. The number of rotatable bonds is 5. The highest BCUT2D eigenvalue weighted by Gasteiger charge is 2.24. The molecule has 1 fully saturated rings. The molecule has 4 heterocycles. The van der Waals surface area contributed by atoms with E-state index < -0.39 is 0 Å². The molecule has 0 amide bonds. The summed E-state index contributed by atoms with van der Waals surface area (Å²) in [4.78, 5) is 25.5. The first-order valence-corrected chi connectivity index (χ1v) is 12.1. The van der Waals surface area contributed by atoms with E-state index in [1.54, 1.807) is 6.20 Å². The van der Waals surface area contributed by atoms with Gasteiger partial charge in [-0.05, 0) is 44.0 Å². The van der Waals surface area contributed by atoms with Crippen LogP contribution in [0.3, 0.4) is 0 Å². The van der Waals surface area contributed by atoms with Gasteiger partial charge in [0, 0.05) is 31.4 Å². The number of nitrogens with two attached hydrogens (primary N) is 1. The van der Waals surface area contributed by atoms with Crippen LogP contribution >= 0.6 is 0 Å². The number of aromatic nitrogens is 6. The predicted octanol–water partition coefficient (Wildman–Crippen LogP) is 2.93. The summed E-state index contributed by atoms with van der Waals surface area (Å²) in [5, 5.41) is 4.49. The molecule has 35 heavy (non-hydrogen) atoms. The lowest BCUT2D eigenvalue weighted by molar-refractivity contribution is 0.494. The lowest BCUT2D eigenvalue weighted by Crippen LogP contribution is -2.44. The van der Waals surface area contributed by atoms with E-state index >= 15 is 0 Å². The van der Waals surface area contributed by atoms with Gasteiger partial charge in [-0.1, -0.05) is 30.3 Å². The molecule has 0 saturated carbocycles. The van der Waals surface area contributed by atoms with Crippen LogP contribution in [-0.4, -0.2) is 48.0 Å². The number of anilines is 1. The highest BCUT2D eigenvalue weighted by atomic mass is 16.1. The van der Waals surface area contributed by atoms with Gasteiger partial charge in [-0.15, -0.1) is 0 Å². The van der Waals surface area contributed by atoms with Crippen molar-refractivity contribution in [2.24, 2.45) is 5.73 Å². The number of nitrogens with zero attached hydrogens (tertiary/aromatic N) is 7. The Morgan fingerprint density at radius 1 is 1.03 bits per heavy atom. The first kappa shape index (κ1) is 21.5. The minimum absolute atomic E-state index is 0.120. The summed E-state index contributed by atoms with van der Waals surface area (Å²) in [6.45, 7) is 4.55. The van der Waals surface area contributed by atoms with E-state index in [0.717, 1.165) is 54.4 Å². The van der Waals surface area contributed by atoms with E-state index in [1.165, 1.54) is 4.68 Å². The third-order valence-corrected chi connectivity index (χ3v) is 6.72. The molecule has 9 nitrogen and oxygen atoms in total. The maximum absolute atomic E-state index is 13.7. The van der Waals surface area contributed by atoms with Gasteiger partial charge in [-0.25, -0.2) is 14.6 Å². The Hall–Kier alpha value is -3.98. The molecule has 0 spiro atoms. The number of piperidine rings is 1. The Balaban J connectivity index is 1.46. The molecule has 0 aliphatic carbocycles. The van der Waals surface area contributed by atoms with Crippen molar-refractivity contribution in [1.29, 1.82) is 0 Å². The monoisotopic (exact) mass is 468 g/mol. The van der Waals surface area contributed by atoms with Gasteiger partial charge in [0.1, 0.15) is 23.4 Å². The number of benzene rings is 2. The van der Waals surface area contributed by atoms with Crippen LogP contribution in [0.1, 0.15) is 25.6 Å². The van der Waals surface area contributed by atoms with Gasteiger partial charge in [0.2, 0.25) is 5.95 Å². The third kappa shape index (κ3) is 3.68. The van der Waals surface area contributed by atoms with Crippen LogP contribution in [0, 0.1) is 0 Å². The van der Waals surface area contributed by atoms with Crippen molar-refractivity contribution in [3.05, 3.63) is 77.0 Å². The average Bonchev–Trinajstić information content (AvgIpc) is 3.44. The molecule has 3 aromatic heterocycles. The second-order valence-electron chi connectivity index (χ2n) is 9.03. The van der Waals surface area contributed by atoms with Crippen LogP contribution in [0.5, 0.6) is 0 Å². The third-order valence-electron chi connectivity index (χ3n) is 6.72. The summed E-state index contributed by atoms with van der Waals surface area (Å²) in [5.41, 5.74) is 10.1. The molecule has 0 radical (unpaired) electrons. The van der Waals surface area contributed by atoms with Gasteiger partial charge in [-0.3, -0.25) is 9.36 Å². The molecule has 1 aliphatic rings. The molecule has 0 bridgehead atoms. The summed E-state index contributed by atoms with van der Waals surface area (Å²) in [7, 11) is 0. The molecule has 6 rings (SSSR count). The second-order valence-corrected chi connectivity index (χ2v) is 9.03. The van der Waals surface area contributed by atoms with Crippen molar-refractivity contribution >= 4 is 28.0 Å². The molecule has 1 saturated heterocycles. The van der Waals surface area contributed by atoms with E-state index in [-0.39, 0.29) is 18.1 Å². The quantitative estimate of drug-likeness (QED) is 0.426. The summed E-state index contributed by atoms with van der Waals surface area (Å²) in [5.74, 6) is 1.54. The van der Waals surface area contributed by atoms with E-state index in [0.29, 0.717) is 17.6 Å². The van der Waals surface area contributed by atoms with Crippen molar-refractivity contribution in [2.45, 2.75) is 38.9 Å². The molecule has 2 aromatic carbocycles. The zero-order valence-electron chi connectivity index (χ0n) is 19.7. The number of imidazole rings is 2. The first-order chi connectivity index (χ1) is 17.1. The molecule has 178 valence electrons. The van der Waals surface area contributed by atoms with Gasteiger partial charge in [-0.2, -0.15) is 5.10 Å². The molecule has 1 atom stereocenters. The summed E-state index contributed by atoms with van der Waals surface area (Å²) in [6.07, 6.45) is 3.72. The topological polar surface area (TPSA) is 99.8 Å². The Bertz CT molecular complexity index is 1570. The normalized spacial score (nSPS) is 16.4. The van der Waals surface area contributed by atoms with Crippen LogP contribution < -0.4 is 16.2 Å². The Morgan fingerprint density at radius 2 is 1.83 bits per heavy atom. The molecular weight excluding hydrogens is 440 g/mol.